The normalized spacial score (nSPS) is 22.1. The first-order chi connectivity index (χ1) is 10.2. The number of fused-ring (bicyclic) bond motifs is 1. The van der Waals surface area contributed by atoms with Crippen molar-refractivity contribution in [1.82, 2.24) is 5.32 Å². The Morgan fingerprint density at radius 2 is 1.95 bits per heavy atom. The molecule has 0 aliphatic heterocycles. The van der Waals surface area contributed by atoms with Crippen LogP contribution >= 0.6 is 11.6 Å². The molecule has 3 heteroatoms. The summed E-state index contributed by atoms with van der Waals surface area (Å²) in [7, 11) is 0. The summed E-state index contributed by atoms with van der Waals surface area (Å²) in [5, 5.41) is 5.47. The van der Waals surface area contributed by atoms with E-state index >= 15 is 0 Å². The van der Waals surface area contributed by atoms with Crippen LogP contribution < -0.4 is 5.32 Å². The van der Waals surface area contributed by atoms with Crippen LogP contribution in [0.15, 0.2) is 42.5 Å². The summed E-state index contributed by atoms with van der Waals surface area (Å²) < 4.78 is 0. The zero-order valence-electron chi connectivity index (χ0n) is 12.0. The lowest BCUT2D eigenvalue weighted by atomic mass is 9.89. The maximum atomic E-state index is 12.4. The second-order valence-corrected chi connectivity index (χ2v) is 6.48. The quantitative estimate of drug-likeness (QED) is 0.838. The standard InChI is InChI=1S/C18H20ClNO/c19-15-8-3-5-13(11-15)12-20-18(21)17-10-4-7-14-6-1-2-9-16(14)17/h1-2,4,6-7,9-10,13,15H,3,5,8,11-12H2,(H,20,21). The Balaban J connectivity index is 1.69. The molecule has 0 radical (unpaired) electrons. The summed E-state index contributed by atoms with van der Waals surface area (Å²) >= 11 is 6.21. The molecule has 1 N–H and O–H groups in total. The number of rotatable bonds is 3. The average molecular weight is 302 g/mol. The van der Waals surface area contributed by atoms with Crippen LogP contribution in [-0.2, 0) is 0 Å². The van der Waals surface area contributed by atoms with E-state index in [4.69, 9.17) is 11.6 Å². The molecule has 0 bridgehead atoms. The summed E-state index contributed by atoms with van der Waals surface area (Å²) in [6, 6.07) is 13.9. The molecule has 0 aromatic heterocycles. The fourth-order valence-electron chi connectivity index (χ4n) is 3.17. The summed E-state index contributed by atoms with van der Waals surface area (Å²) in [4.78, 5) is 12.4. The molecule has 21 heavy (non-hydrogen) atoms. The number of alkyl halides is 1. The van der Waals surface area contributed by atoms with Crippen LogP contribution in [0.25, 0.3) is 10.8 Å². The summed E-state index contributed by atoms with van der Waals surface area (Å²) in [5.41, 5.74) is 0.756. The number of carbonyl (C=O) groups excluding carboxylic acids is 1. The van der Waals surface area contributed by atoms with Gasteiger partial charge in [0.15, 0.2) is 0 Å². The van der Waals surface area contributed by atoms with E-state index in [1.165, 1.54) is 12.8 Å². The van der Waals surface area contributed by atoms with E-state index in [-0.39, 0.29) is 11.3 Å². The van der Waals surface area contributed by atoms with Crippen LogP contribution in [0, 0.1) is 5.92 Å². The van der Waals surface area contributed by atoms with Gasteiger partial charge in [-0.1, -0.05) is 42.8 Å². The molecular formula is C18H20ClNO. The van der Waals surface area contributed by atoms with Crippen molar-refractivity contribution in [1.29, 1.82) is 0 Å². The molecular weight excluding hydrogens is 282 g/mol. The Morgan fingerprint density at radius 1 is 1.14 bits per heavy atom. The van der Waals surface area contributed by atoms with Crippen molar-refractivity contribution in [2.75, 3.05) is 6.54 Å². The van der Waals surface area contributed by atoms with Gasteiger partial charge >= 0.3 is 0 Å². The first-order valence-electron chi connectivity index (χ1n) is 7.64. The smallest absolute Gasteiger partial charge is 0.251 e. The van der Waals surface area contributed by atoms with Gasteiger partial charge in [0, 0.05) is 17.5 Å². The maximum absolute atomic E-state index is 12.4. The lowest BCUT2D eigenvalue weighted by Crippen LogP contribution is -2.32. The van der Waals surface area contributed by atoms with Crippen molar-refractivity contribution in [3.8, 4) is 0 Å². The van der Waals surface area contributed by atoms with E-state index in [1.807, 2.05) is 42.5 Å². The molecule has 1 aliphatic rings. The lowest BCUT2D eigenvalue weighted by molar-refractivity contribution is 0.0945. The van der Waals surface area contributed by atoms with Gasteiger partial charge in [0.25, 0.3) is 5.91 Å². The van der Waals surface area contributed by atoms with Crippen molar-refractivity contribution < 1.29 is 4.79 Å². The van der Waals surface area contributed by atoms with E-state index < -0.39 is 0 Å². The van der Waals surface area contributed by atoms with Crippen molar-refractivity contribution in [2.24, 2.45) is 5.92 Å². The SMILES string of the molecule is O=C(NCC1CCCC(Cl)C1)c1cccc2ccccc12. The number of benzene rings is 2. The van der Waals surface area contributed by atoms with E-state index in [9.17, 15) is 4.79 Å². The van der Waals surface area contributed by atoms with Crippen LogP contribution in [0.2, 0.25) is 0 Å². The van der Waals surface area contributed by atoms with Gasteiger partial charge in [0.2, 0.25) is 0 Å². The van der Waals surface area contributed by atoms with Gasteiger partial charge in [-0.3, -0.25) is 4.79 Å². The molecule has 1 amide bonds. The first-order valence-corrected chi connectivity index (χ1v) is 8.07. The van der Waals surface area contributed by atoms with Crippen LogP contribution in [0.4, 0.5) is 0 Å². The molecule has 2 aromatic carbocycles. The molecule has 1 fully saturated rings. The third-order valence-electron chi connectivity index (χ3n) is 4.30. The van der Waals surface area contributed by atoms with E-state index in [0.717, 1.165) is 35.7 Å². The van der Waals surface area contributed by atoms with Crippen molar-refractivity contribution >= 4 is 28.3 Å². The number of hydrogen-bond donors (Lipinski definition) is 1. The third-order valence-corrected chi connectivity index (χ3v) is 4.70. The topological polar surface area (TPSA) is 29.1 Å². The molecule has 1 saturated carbocycles. The van der Waals surface area contributed by atoms with Gasteiger partial charge in [-0.2, -0.15) is 0 Å². The fourth-order valence-corrected chi connectivity index (χ4v) is 3.57. The highest BCUT2D eigenvalue weighted by atomic mass is 35.5. The van der Waals surface area contributed by atoms with Crippen LogP contribution in [0.5, 0.6) is 0 Å². The number of amides is 1. The molecule has 2 atom stereocenters. The van der Waals surface area contributed by atoms with Crippen molar-refractivity contribution in [3.63, 3.8) is 0 Å². The lowest BCUT2D eigenvalue weighted by Gasteiger charge is -2.25. The van der Waals surface area contributed by atoms with Gasteiger partial charge < -0.3 is 5.32 Å². The monoisotopic (exact) mass is 301 g/mol. The van der Waals surface area contributed by atoms with E-state index in [0.29, 0.717) is 5.92 Å². The Morgan fingerprint density at radius 3 is 2.81 bits per heavy atom. The van der Waals surface area contributed by atoms with Crippen molar-refractivity contribution in [2.45, 2.75) is 31.1 Å². The van der Waals surface area contributed by atoms with Gasteiger partial charge in [0.1, 0.15) is 0 Å². The number of hydrogen-bond acceptors (Lipinski definition) is 1. The van der Waals surface area contributed by atoms with Crippen LogP contribution in [-0.4, -0.2) is 17.8 Å². The minimum absolute atomic E-state index is 0.0171. The highest BCUT2D eigenvalue weighted by Gasteiger charge is 2.21. The highest BCUT2D eigenvalue weighted by Crippen LogP contribution is 2.27. The number of carbonyl (C=O) groups is 1. The zero-order valence-corrected chi connectivity index (χ0v) is 12.8. The van der Waals surface area contributed by atoms with Crippen molar-refractivity contribution in [3.05, 3.63) is 48.0 Å². The van der Waals surface area contributed by atoms with Gasteiger partial charge in [0.05, 0.1) is 0 Å². The Bertz CT molecular complexity index is 635. The second-order valence-electron chi connectivity index (χ2n) is 5.87. The van der Waals surface area contributed by atoms with Gasteiger partial charge in [-0.15, -0.1) is 11.6 Å². The fraction of sp³-hybridized carbons (Fsp3) is 0.389. The molecule has 2 unspecified atom stereocenters. The molecule has 1 aliphatic carbocycles. The zero-order chi connectivity index (χ0) is 14.7. The molecule has 3 rings (SSSR count). The molecule has 0 spiro atoms. The highest BCUT2D eigenvalue weighted by molar-refractivity contribution is 6.20. The Hall–Kier alpha value is -1.54. The van der Waals surface area contributed by atoms with Gasteiger partial charge in [-0.05, 0) is 42.0 Å². The Labute approximate surface area is 130 Å². The number of halogens is 1. The van der Waals surface area contributed by atoms with Gasteiger partial charge in [-0.25, -0.2) is 0 Å². The summed E-state index contributed by atoms with van der Waals surface area (Å²) in [5.74, 6) is 0.531. The molecule has 0 saturated heterocycles. The molecule has 110 valence electrons. The average Bonchev–Trinajstić information content (AvgIpc) is 2.52. The van der Waals surface area contributed by atoms with Crippen LogP contribution in [0.1, 0.15) is 36.0 Å². The maximum Gasteiger partial charge on any atom is 0.251 e. The second kappa shape index (κ2) is 6.48. The largest absolute Gasteiger partial charge is 0.352 e. The van der Waals surface area contributed by atoms with Crippen LogP contribution in [0.3, 0.4) is 0 Å². The molecule has 0 heterocycles. The summed E-state index contributed by atoms with van der Waals surface area (Å²) in [6.45, 7) is 0.727. The molecule has 2 aromatic rings. The van der Waals surface area contributed by atoms with E-state index in [1.54, 1.807) is 0 Å². The first kappa shape index (κ1) is 14.4. The third kappa shape index (κ3) is 3.38. The Kier molecular flexibility index (Phi) is 4.45. The predicted octanol–water partition coefficient (Wildman–Crippen LogP) is 4.37. The predicted molar refractivity (Wildman–Crippen MR) is 87.9 cm³/mol. The minimum atomic E-state index is 0.0171. The number of nitrogens with one attached hydrogen (secondary N) is 1. The summed E-state index contributed by atoms with van der Waals surface area (Å²) in [6.07, 6.45) is 4.45. The molecule has 2 nitrogen and oxygen atoms in total. The van der Waals surface area contributed by atoms with E-state index in [2.05, 4.69) is 5.32 Å². The minimum Gasteiger partial charge on any atom is -0.352 e.